The molecule has 2 rings (SSSR count). The first-order chi connectivity index (χ1) is 9.06. The minimum absolute atomic E-state index is 0.365. The highest BCUT2D eigenvalue weighted by Crippen LogP contribution is 2.27. The van der Waals surface area contributed by atoms with Crippen LogP contribution in [0.25, 0.3) is 10.6 Å². The van der Waals surface area contributed by atoms with Crippen LogP contribution in [0.1, 0.15) is 18.9 Å². The van der Waals surface area contributed by atoms with Gasteiger partial charge in [-0.3, -0.25) is 0 Å². The third kappa shape index (κ3) is 3.96. The molecular formula is C13H15ClFN3S. The molecule has 0 aliphatic carbocycles. The van der Waals surface area contributed by atoms with Crippen molar-refractivity contribution in [2.45, 2.75) is 26.3 Å². The van der Waals surface area contributed by atoms with Crippen LogP contribution >= 0.6 is 22.9 Å². The summed E-state index contributed by atoms with van der Waals surface area (Å²) in [4.78, 5) is 0. The lowest BCUT2D eigenvalue weighted by atomic mass is 10.2. The van der Waals surface area contributed by atoms with E-state index in [1.807, 2.05) is 0 Å². The first-order valence-corrected chi connectivity index (χ1v) is 7.27. The second kappa shape index (κ2) is 6.41. The van der Waals surface area contributed by atoms with Gasteiger partial charge >= 0.3 is 0 Å². The van der Waals surface area contributed by atoms with Gasteiger partial charge in [0.1, 0.15) is 10.8 Å². The van der Waals surface area contributed by atoms with Crippen molar-refractivity contribution in [1.29, 1.82) is 0 Å². The number of nitrogens with zero attached hydrogens (tertiary/aromatic N) is 2. The van der Waals surface area contributed by atoms with E-state index in [1.54, 1.807) is 12.1 Å². The highest BCUT2D eigenvalue weighted by molar-refractivity contribution is 7.14. The van der Waals surface area contributed by atoms with Gasteiger partial charge in [0, 0.05) is 29.6 Å². The minimum atomic E-state index is -0.365. The molecular weight excluding hydrogens is 285 g/mol. The van der Waals surface area contributed by atoms with Gasteiger partial charge in [0.05, 0.1) is 0 Å². The fourth-order valence-electron chi connectivity index (χ4n) is 1.59. The second-order valence-corrected chi connectivity index (χ2v) is 5.98. The Morgan fingerprint density at radius 2 is 2.16 bits per heavy atom. The normalized spacial score (nSPS) is 11.2. The van der Waals surface area contributed by atoms with Crippen LogP contribution in [0.4, 0.5) is 4.39 Å². The van der Waals surface area contributed by atoms with Crippen molar-refractivity contribution in [2.24, 2.45) is 0 Å². The van der Waals surface area contributed by atoms with Gasteiger partial charge in [0.25, 0.3) is 0 Å². The third-order valence-electron chi connectivity index (χ3n) is 2.52. The largest absolute Gasteiger partial charge is 0.314 e. The smallest absolute Gasteiger partial charge is 0.150 e. The van der Waals surface area contributed by atoms with Crippen molar-refractivity contribution in [2.75, 3.05) is 6.54 Å². The standard InChI is InChI=1S/C13H15ClFN3S/c1-8(2)16-6-5-12-17-18-13(19-12)10-4-3-9(14)7-11(10)15/h3-4,7-8,16H,5-6H2,1-2H3. The van der Waals surface area contributed by atoms with E-state index in [1.165, 1.54) is 17.4 Å². The average Bonchev–Trinajstić information content (AvgIpc) is 2.77. The highest BCUT2D eigenvalue weighted by atomic mass is 35.5. The Labute approximate surface area is 120 Å². The SMILES string of the molecule is CC(C)NCCc1nnc(-c2ccc(Cl)cc2F)s1. The van der Waals surface area contributed by atoms with Gasteiger partial charge in [-0.15, -0.1) is 10.2 Å². The molecule has 0 radical (unpaired) electrons. The molecule has 2 aromatic rings. The monoisotopic (exact) mass is 299 g/mol. The predicted octanol–water partition coefficient (Wildman–Crippen LogP) is 3.54. The molecule has 0 bridgehead atoms. The van der Waals surface area contributed by atoms with Gasteiger partial charge in [-0.05, 0) is 18.2 Å². The molecule has 0 aliphatic rings. The van der Waals surface area contributed by atoms with E-state index in [0.717, 1.165) is 18.0 Å². The molecule has 1 aromatic carbocycles. The van der Waals surface area contributed by atoms with E-state index < -0.39 is 0 Å². The van der Waals surface area contributed by atoms with Crippen molar-refractivity contribution in [3.05, 3.63) is 34.0 Å². The number of halogens is 2. The van der Waals surface area contributed by atoms with Crippen LogP contribution in [-0.4, -0.2) is 22.8 Å². The quantitative estimate of drug-likeness (QED) is 0.917. The van der Waals surface area contributed by atoms with Gasteiger partial charge in [0.2, 0.25) is 0 Å². The molecule has 0 saturated heterocycles. The summed E-state index contributed by atoms with van der Waals surface area (Å²) in [5.41, 5.74) is 0.449. The van der Waals surface area contributed by atoms with Crippen LogP contribution < -0.4 is 5.32 Å². The zero-order chi connectivity index (χ0) is 13.8. The summed E-state index contributed by atoms with van der Waals surface area (Å²) >= 11 is 7.14. The molecule has 102 valence electrons. The number of hydrogen-bond donors (Lipinski definition) is 1. The first kappa shape index (κ1) is 14.4. The molecule has 0 fully saturated rings. The molecule has 0 aliphatic heterocycles. The van der Waals surface area contributed by atoms with E-state index in [2.05, 4.69) is 29.4 Å². The highest BCUT2D eigenvalue weighted by Gasteiger charge is 2.11. The van der Waals surface area contributed by atoms with Crippen LogP contribution in [0.5, 0.6) is 0 Å². The topological polar surface area (TPSA) is 37.8 Å². The van der Waals surface area contributed by atoms with Crippen molar-refractivity contribution < 1.29 is 4.39 Å². The fourth-order valence-corrected chi connectivity index (χ4v) is 2.62. The average molecular weight is 300 g/mol. The maximum atomic E-state index is 13.7. The van der Waals surface area contributed by atoms with Gasteiger partial charge < -0.3 is 5.32 Å². The lowest BCUT2D eigenvalue weighted by Crippen LogP contribution is -2.24. The van der Waals surface area contributed by atoms with E-state index in [0.29, 0.717) is 21.6 Å². The Bertz CT molecular complexity index is 557. The van der Waals surface area contributed by atoms with Crippen molar-refractivity contribution in [1.82, 2.24) is 15.5 Å². The lowest BCUT2D eigenvalue weighted by molar-refractivity contribution is 0.588. The summed E-state index contributed by atoms with van der Waals surface area (Å²) in [5.74, 6) is -0.365. The lowest BCUT2D eigenvalue weighted by Gasteiger charge is -2.05. The minimum Gasteiger partial charge on any atom is -0.314 e. The Morgan fingerprint density at radius 1 is 1.37 bits per heavy atom. The molecule has 0 spiro atoms. The summed E-state index contributed by atoms with van der Waals surface area (Å²) in [6, 6.07) is 5.02. The Morgan fingerprint density at radius 3 is 2.84 bits per heavy atom. The molecule has 0 unspecified atom stereocenters. The van der Waals surface area contributed by atoms with E-state index >= 15 is 0 Å². The zero-order valence-electron chi connectivity index (χ0n) is 10.8. The number of hydrogen-bond acceptors (Lipinski definition) is 4. The van der Waals surface area contributed by atoms with Crippen molar-refractivity contribution in [3.63, 3.8) is 0 Å². The van der Waals surface area contributed by atoms with Crippen molar-refractivity contribution >= 4 is 22.9 Å². The van der Waals surface area contributed by atoms with Crippen molar-refractivity contribution in [3.8, 4) is 10.6 Å². The van der Waals surface area contributed by atoms with Crippen LogP contribution in [0.15, 0.2) is 18.2 Å². The molecule has 1 N–H and O–H groups in total. The third-order valence-corrected chi connectivity index (χ3v) is 3.77. The maximum Gasteiger partial charge on any atom is 0.150 e. The first-order valence-electron chi connectivity index (χ1n) is 6.07. The summed E-state index contributed by atoms with van der Waals surface area (Å²) < 4.78 is 13.7. The van der Waals surface area contributed by atoms with Gasteiger partial charge in [-0.1, -0.05) is 36.8 Å². The Balaban J connectivity index is 2.08. The number of rotatable bonds is 5. The van der Waals surface area contributed by atoms with E-state index in [9.17, 15) is 4.39 Å². The molecule has 1 aromatic heterocycles. The van der Waals surface area contributed by atoms with Gasteiger partial charge in [-0.25, -0.2) is 4.39 Å². The van der Waals surface area contributed by atoms with Gasteiger partial charge in [-0.2, -0.15) is 0 Å². The summed E-state index contributed by atoms with van der Waals surface area (Å²) in [5, 5.41) is 13.3. The fraction of sp³-hybridized carbons (Fsp3) is 0.385. The van der Waals surface area contributed by atoms with Crippen LogP contribution in [-0.2, 0) is 6.42 Å². The van der Waals surface area contributed by atoms with Crippen LogP contribution in [0.2, 0.25) is 5.02 Å². The number of nitrogens with one attached hydrogen (secondary N) is 1. The Kier molecular flexibility index (Phi) is 4.85. The molecule has 6 heteroatoms. The molecule has 19 heavy (non-hydrogen) atoms. The van der Waals surface area contributed by atoms with E-state index in [4.69, 9.17) is 11.6 Å². The van der Waals surface area contributed by atoms with Crippen LogP contribution in [0.3, 0.4) is 0 Å². The molecule has 0 saturated carbocycles. The Hall–Kier alpha value is -1.04. The summed E-state index contributed by atoms with van der Waals surface area (Å²) in [6.45, 7) is 5.03. The maximum absolute atomic E-state index is 13.7. The summed E-state index contributed by atoms with van der Waals surface area (Å²) in [7, 11) is 0. The van der Waals surface area contributed by atoms with E-state index in [-0.39, 0.29) is 5.82 Å². The number of benzene rings is 1. The van der Waals surface area contributed by atoms with Crippen LogP contribution in [0, 0.1) is 5.82 Å². The molecule has 3 nitrogen and oxygen atoms in total. The predicted molar refractivity (Wildman–Crippen MR) is 77.2 cm³/mol. The zero-order valence-corrected chi connectivity index (χ0v) is 12.4. The molecule has 0 atom stereocenters. The summed E-state index contributed by atoms with van der Waals surface area (Å²) in [6.07, 6.45) is 0.797. The van der Waals surface area contributed by atoms with Gasteiger partial charge in [0.15, 0.2) is 5.01 Å². The molecule has 0 amide bonds. The molecule has 1 heterocycles. The number of aromatic nitrogens is 2. The second-order valence-electron chi connectivity index (χ2n) is 4.48.